The van der Waals surface area contributed by atoms with Crippen LogP contribution in [-0.2, 0) is 10.0 Å². The zero-order chi connectivity index (χ0) is 17.6. The first-order chi connectivity index (χ1) is 11.5. The third kappa shape index (κ3) is 4.79. The summed E-state index contributed by atoms with van der Waals surface area (Å²) in [6.07, 6.45) is 7.75. The van der Waals surface area contributed by atoms with Gasteiger partial charge in [-0.1, -0.05) is 42.7 Å². The second-order valence-corrected chi connectivity index (χ2v) is 8.14. The van der Waals surface area contributed by atoms with Gasteiger partial charge in [0.2, 0.25) is 10.0 Å². The van der Waals surface area contributed by atoms with Crippen molar-refractivity contribution in [1.29, 1.82) is 0 Å². The molecule has 0 amide bonds. The molecular weight excluding hydrogens is 320 g/mol. The van der Waals surface area contributed by atoms with Crippen molar-refractivity contribution in [2.45, 2.75) is 49.6 Å². The van der Waals surface area contributed by atoms with E-state index < -0.39 is 10.0 Å². The van der Waals surface area contributed by atoms with Gasteiger partial charge in [0.1, 0.15) is 0 Å². The molecule has 132 valence electrons. The van der Waals surface area contributed by atoms with Crippen molar-refractivity contribution < 1.29 is 8.42 Å². The molecule has 4 nitrogen and oxygen atoms in total. The third-order valence-electron chi connectivity index (χ3n) is 4.56. The Morgan fingerprint density at radius 3 is 2.29 bits per heavy atom. The van der Waals surface area contributed by atoms with Gasteiger partial charge in [0.15, 0.2) is 0 Å². The highest BCUT2D eigenvalue weighted by atomic mass is 32.2. The summed E-state index contributed by atoms with van der Waals surface area (Å²) in [6.45, 7) is 11.1. The predicted octanol–water partition coefficient (Wildman–Crippen LogP) is 3.26. The number of nitrogens with one attached hydrogen (secondary N) is 1. The molecule has 0 spiro atoms. The van der Waals surface area contributed by atoms with Crippen LogP contribution in [0.3, 0.4) is 0 Å². The van der Waals surface area contributed by atoms with E-state index in [1.54, 1.807) is 12.1 Å². The molecule has 1 N–H and O–H groups in total. The first kappa shape index (κ1) is 18.9. The Hall–Kier alpha value is -1.43. The second-order valence-electron chi connectivity index (χ2n) is 6.42. The molecule has 0 saturated heterocycles. The zero-order valence-corrected chi connectivity index (χ0v) is 15.3. The van der Waals surface area contributed by atoms with Crippen molar-refractivity contribution in [2.24, 2.45) is 0 Å². The highest BCUT2D eigenvalue weighted by Crippen LogP contribution is 2.25. The van der Waals surface area contributed by atoms with E-state index in [0.29, 0.717) is 4.90 Å². The van der Waals surface area contributed by atoms with Gasteiger partial charge in [0.25, 0.3) is 0 Å². The lowest BCUT2D eigenvalue weighted by atomic mass is 9.89. The Morgan fingerprint density at radius 2 is 1.71 bits per heavy atom. The average Bonchev–Trinajstić information content (AvgIpc) is 2.55. The van der Waals surface area contributed by atoms with Crippen LogP contribution in [0.4, 0.5) is 0 Å². The maximum Gasteiger partial charge on any atom is 0.240 e. The van der Waals surface area contributed by atoms with Crippen LogP contribution in [0.25, 0.3) is 0 Å². The summed E-state index contributed by atoms with van der Waals surface area (Å²) in [5.41, 5.74) is 1.05. The fourth-order valence-electron chi connectivity index (χ4n) is 3.35. The molecule has 2 rings (SSSR count). The van der Waals surface area contributed by atoms with Crippen LogP contribution in [0.15, 0.2) is 54.5 Å². The van der Waals surface area contributed by atoms with Gasteiger partial charge in [-0.05, 0) is 31.9 Å². The Kier molecular flexibility index (Phi) is 6.78. The van der Waals surface area contributed by atoms with Gasteiger partial charge in [-0.2, -0.15) is 0 Å². The summed E-state index contributed by atoms with van der Waals surface area (Å²) in [5, 5.41) is 0. The van der Waals surface area contributed by atoms with Crippen molar-refractivity contribution in [2.75, 3.05) is 13.1 Å². The molecule has 1 aromatic carbocycles. The number of hydrogen-bond acceptors (Lipinski definition) is 3. The van der Waals surface area contributed by atoms with E-state index >= 15 is 0 Å². The van der Waals surface area contributed by atoms with E-state index in [0.717, 1.165) is 44.3 Å². The Labute approximate surface area is 146 Å². The van der Waals surface area contributed by atoms with Gasteiger partial charge in [0, 0.05) is 25.2 Å². The predicted molar refractivity (Wildman–Crippen MR) is 99.5 cm³/mol. The van der Waals surface area contributed by atoms with Gasteiger partial charge >= 0.3 is 0 Å². The van der Waals surface area contributed by atoms with Crippen molar-refractivity contribution in [1.82, 2.24) is 9.62 Å². The lowest BCUT2D eigenvalue weighted by Crippen LogP contribution is -2.53. The first-order valence-corrected chi connectivity index (χ1v) is 10.0. The molecule has 0 unspecified atom stereocenters. The highest BCUT2D eigenvalue weighted by Gasteiger charge is 2.32. The molecular formula is C19H28N2O2S. The third-order valence-corrected chi connectivity index (χ3v) is 6.07. The van der Waals surface area contributed by atoms with E-state index in [-0.39, 0.29) is 12.1 Å². The van der Waals surface area contributed by atoms with Crippen LogP contribution >= 0.6 is 0 Å². The quantitative estimate of drug-likeness (QED) is 0.734. The molecule has 24 heavy (non-hydrogen) atoms. The van der Waals surface area contributed by atoms with Gasteiger partial charge in [-0.3, -0.25) is 4.90 Å². The average molecular weight is 349 g/mol. The number of sulfonamides is 1. The monoisotopic (exact) mass is 348 g/mol. The maximum atomic E-state index is 12.7. The molecule has 0 aromatic heterocycles. The largest absolute Gasteiger partial charge is 0.292 e. The first-order valence-electron chi connectivity index (χ1n) is 8.53. The summed E-state index contributed by atoms with van der Waals surface area (Å²) in [7, 11) is -3.50. The van der Waals surface area contributed by atoms with Crippen LogP contribution in [0.5, 0.6) is 0 Å². The molecule has 1 aliphatic carbocycles. The van der Waals surface area contributed by atoms with E-state index in [1.165, 1.54) is 0 Å². The summed E-state index contributed by atoms with van der Waals surface area (Å²) in [5.74, 6) is 0. The van der Waals surface area contributed by atoms with Gasteiger partial charge in [-0.15, -0.1) is 13.2 Å². The fraction of sp³-hybridized carbons (Fsp3) is 0.474. The van der Waals surface area contributed by atoms with E-state index in [9.17, 15) is 8.42 Å². The number of aryl methyl sites for hydroxylation is 1. The smallest absolute Gasteiger partial charge is 0.240 e. The van der Waals surface area contributed by atoms with E-state index in [4.69, 9.17) is 0 Å². The van der Waals surface area contributed by atoms with E-state index in [2.05, 4.69) is 22.8 Å². The summed E-state index contributed by atoms with van der Waals surface area (Å²) >= 11 is 0. The Morgan fingerprint density at radius 1 is 1.12 bits per heavy atom. The van der Waals surface area contributed by atoms with Gasteiger partial charge in [-0.25, -0.2) is 13.1 Å². The normalized spacial score (nSPS) is 21.6. The molecule has 1 aromatic rings. The number of hydrogen-bond donors (Lipinski definition) is 1. The van der Waals surface area contributed by atoms with Crippen LogP contribution < -0.4 is 4.72 Å². The van der Waals surface area contributed by atoms with Crippen molar-refractivity contribution in [3.63, 3.8) is 0 Å². The molecule has 1 fully saturated rings. The minimum Gasteiger partial charge on any atom is -0.292 e. The molecule has 1 saturated carbocycles. The fourth-order valence-corrected chi connectivity index (χ4v) is 4.65. The minimum absolute atomic E-state index is 0.0787. The summed E-state index contributed by atoms with van der Waals surface area (Å²) in [4.78, 5) is 2.58. The minimum atomic E-state index is -3.50. The van der Waals surface area contributed by atoms with Crippen LogP contribution in [0.2, 0.25) is 0 Å². The lowest BCUT2D eigenvalue weighted by Gasteiger charge is -2.39. The van der Waals surface area contributed by atoms with Crippen molar-refractivity contribution >= 4 is 10.0 Å². The Bertz CT molecular complexity index is 642. The zero-order valence-electron chi connectivity index (χ0n) is 14.4. The number of benzene rings is 1. The molecule has 2 atom stereocenters. The second kappa shape index (κ2) is 8.60. The highest BCUT2D eigenvalue weighted by molar-refractivity contribution is 7.89. The van der Waals surface area contributed by atoms with Crippen LogP contribution in [-0.4, -0.2) is 38.5 Å². The standard InChI is InChI=1S/C19H28N2O2S/c1-4-14-21(15-5-2)19-9-7-6-8-18(19)20-24(22,23)17-12-10-16(3)11-13-17/h4-5,10-13,18-20H,1-2,6-9,14-15H2,3H3/t18-,19-/m1/s1. The molecule has 0 heterocycles. The summed E-state index contributed by atoms with van der Waals surface area (Å²) in [6, 6.07) is 7.09. The maximum absolute atomic E-state index is 12.7. The summed E-state index contributed by atoms with van der Waals surface area (Å²) < 4.78 is 28.4. The van der Waals surface area contributed by atoms with Gasteiger partial charge < -0.3 is 0 Å². The Balaban J connectivity index is 2.18. The molecule has 0 bridgehead atoms. The lowest BCUT2D eigenvalue weighted by molar-refractivity contribution is 0.159. The molecule has 5 heteroatoms. The molecule has 0 radical (unpaired) electrons. The number of rotatable bonds is 8. The number of nitrogens with zero attached hydrogens (tertiary/aromatic N) is 1. The van der Waals surface area contributed by atoms with Crippen molar-refractivity contribution in [3.05, 3.63) is 55.1 Å². The molecule has 0 aliphatic heterocycles. The topological polar surface area (TPSA) is 49.4 Å². The molecule has 1 aliphatic rings. The van der Waals surface area contributed by atoms with Crippen molar-refractivity contribution in [3.8, 4) is 0 Å². The van der Waals surface area contributed by atoms with Gasteiger partial charge in [0.05, 0.1) is 4.90 Å². The van der Waals surface area contributed by atoms with Crippen LogP contribution in [0.1, 0.15) is 31.2 Å². The van der Waals surface area contributed by atoms with E-state index in [1.807, 2.05) is 31.2 Å². The SMILES string of the molecule is C=CCN(CC=C)[C@@H]1CCCC[C@H]1NS(=O)(=O)c1ccc(C)cc1. The van der Waals surface area contributed by atoms with Crippen LogP contribution in [0, 0.1) is 6.92 Å².